The van der Waals surface area contributed by atoms with Gasteiger partial charge >= 0.3 is 0 Å². The van der Waals surface area contributed by atoms with Gasteiger partial charge in [-0.05, 0) is 18.9 Å². The van der Waals surface area contributed by atoms with Crippen LogP contribution in [-0.2, 0) is 9.84 Å². The third-order valence-electron chi connectivity index (χ3n) is 3.71. The minimum atomic E-state index is -3.10. The molecule has 0 spiro atoms. The summed E-state index contributed by atoms with van der Waals surface area (Å²) in [5, 5.41) is 19.5. The molecule has 0 saturated carbocycles. The predicted molar refractivity (Wildman–Crippen MR) is 59.8 cm³/mol. The Morgan fingerprint density at radius 2 is 1.88 bits per heavy atom. The van der Waals surface area contributed by atoms with Gasteiger partial charge in [-0.1, -0.05) is 6.92 Å². The van der Waals surface area contributed by atoms with Gasteiger partial charge in [-0.3, -0.25) is 4.90 Å². The van der Waals surface area contributed by atoms with Gasteiger partial charge in [-0.25, -0.2) is 8.42 Å². The van der Waals surface area contributed by atoms with Gasteiger partial charge in [0.05, 0.1) is 29.8 Å². The van der Waals surface area contributed by atoms with Gasteiger partial charge in [-0.15, -0.1) is 0 Å². The summed E-state index contributed by atoms with van der Waals surface area (Å²) in [6.07, 6.45) is -0.361. The van der Waals surface area contributed by atoms with E-state index in [-0.39, 0.29) is 23.5 Å². The average Bonchev–Trinajstić information content (AvgIpc) is 2.45. The summed E-state index contributed by atoms with van der Waals surface area (Å²) in [6, 6.07) is -0.327. The zero-order chi connectivity index (χ0) is 11.9. The summed E-state index contributed by atoms with van der Waals surface area (Å²) in [5.74, 6) is 0.140. The van der Waals surface area contributed by atoms with Crippen LogP contribution in [-0.4, -0.2) is 66.4 Å². The van der Waals surface area contributed by atoms with Gasteiger partial charge in [-0.2, -0.15) is 0 Å². The molecule has 0 aromatic carbocycles. The van der Waals surface area contributed by atoms with Crippen LogP contribution in [0.1, 0.15) is 13.3 Å². The molecular formula is C10H19NO4S. The Hall–Kier alpha value is -0.170. The monoisotopic (exact) mass is 249 g/mol. The van der Waals surface area contributed by atoms with E-state index in [4.69, 9.17) is 0 Å². The van der Waals surface area contributed by atoms with E-state index in [1.54, 1.807) is 0 Å². The van der Waals surface area contributed by atoms with Gasteiger partial charge in [0.1, 0.15) is 0 Å². The van der Waals surface area contributed by atoms with E-state index in [2.05, 4.69) is 0 Å². The van der Waals surface area contributed by atoms with Gasteiger partial charge in [0.2, 0.25) is 0 Å². The molecule has 0 aromatic heterocycles. The van der Waals surface area contributed by atoms with Crippen molar-refractivity contribution in [1.29, 1.82) is 0 Å². The van der Waals surface area contributed by atoms with E-state index in [9.17, 15) is 18.6 Å². The van der Waals surface area contributed by atoms with Crippen molar-refractivity contribution in [2.45, 2.75) is 31.6 Å². The summed E-state index contributed by atoms with van der Waals surface area (Å²) < 4.78 is 22.8. The zero-order valence-electron chi connectivity index (χ0n) is 9.41. The van der Waals surface area contributed by atoms with E-state index in [0.717, 1.165) is 13.0 Å². The van der Waals surface area contributed by atoms with E-state index in [1.807, 2.05) is 11.8 Å². The first-order valence-electron chi connectivity index (χ1n) is 5.69. The van der Waals surface area contributed by atoms with Crippen LogP contribution in [0.25, 0.3) is 0 Å². The van der Waals surface area contributed by atoms with Crippen molar-refractivity contribution in [3.63, 3.8) is 0 Å². The fraction of sp³-hybridized carbons (Fsp3) is 1.00. The van der Waals surface area contributed by atoms with Crippen LogP contribution < -0.4 is 0 Å². The van der Waals surface area contributed by atoms with Crippen LogP contribution in [0.3, 0.4) is 0 Å². The predicted octanol–water partition coefficient (Wildman–Crippen LogP) is -1.15. The average molecular weight is 249 g/mol. The highest BCUT2D eigenvalue weighted by molar-refractivity contribution is 7.91. The van der Waals surface area contributed by atoms with Gasteiger partial charge in [0.25, 0.3) is 0 Å². The maximum absolute atomic E-state index is 11.4. The quantitative estimate of drug-likeness (QED) is 0.613. The van der Waals surface area contributed by atoms with Crippen LogP contribution in [0.2, 0.25) is 0 Å². The van der Waals surface area contributed by atoms with Crippen molar-refractivity contribution in [2.75, 3.05) is 24.6 Å². The molecule has 0 aromatic rings. The van der Waals surface area contributed by atoms with E-state index in [1.165, 1.54) is 0 Å². The number of rotatable bonds is 1. The maximum atomic E-state index is 11.4. The third kappa shape index (κ3) is 2.40. The fourth-order valence-electron chi connectivity index (χ4n) is 2.53. The molecule has 0 aliphatic carbocycles. The maximum Gasteiger partial charge on any atom is 0.154 e. The lowest BCUT2D eigenvalue weighted by Crippen LogP contribution is -2.51. The Balaban J connectivity index is 2.04. The number of aliphatic hydroxyl groups is 2. The lowest BCUT2D eigenvalue weighted by molar-refractivity contribution is -0.0103. The van der Waals surface area contributed by atoms with Crippen molar-refractivity contribution >= 4 is 9.84 Å². The number of likely N-dealkylation sites (tertiary alicyclic amines) is 1. The summed E-state index contributed by atoms with van der Waals surface area (Å²) in [6.45, 7) is 3.22. The van der Waals surface area contributed by atoms with Crippen molar-refractivity contribution in [2.24, 2.45) is 5.92 Å². The number of aliphatic hydroxyl groups excluding tert-OH is 2. The van der Waals surface area contributed by atoms with Gasteiger partial charge in [0.15, 0.2) is 9.84 Å². The highest BCUT2D eigenvalue weighted by atomic mass is 32.2. The molecular weight excluding hydrogens is 230 g/mol. The van der Waals surface area contributed by atoms with Crippen molar-refractivity contribution in [1.82, 2.24) is 4.90 Å². The second kappa shape index (κ2) is 4.25. The van der Waals surface area contributed by atoms with Crippen molar-refractivity contribution in [3.05, 3.63) is 0 Å². The smallest absolute Gasteiger partial charge is 0.154 e. The Kier molecular flexibility index (Phi) is 3.27. The van der Waals surface area contributed by atoms with Crippen LogP contribution >= 0.6 is 0 Å². The number of piperidine rings is 1. The normalized spacial score (nSPS) is 44.7. The Morgan fingerprint density at radius 1 is 1.19 bits per heavy atom. The number of hydrogen-bond donors (Lipinski definition) is 2. The third-order valence-corrected chi connectivity index (χ3v) is 5.41. The Labute approximate surface area is 96.0 Å². The standard InChI is InChI=1S/C10H19NO4S/c1-7-2-3-11(4-9(7)12)8-5-16(14,15)6-10(8)13/h7-10,12-13H,2-6H2,1H3. The molecule has 0 bridgehead atoms. The summed E-state index contributed by atoms with van der Waals surface area (Å²) in [5.41, 5.74) is 0. The lowest BCUT2D eigenvalue weighted by Gasteiger charge is -2.38. The first-order chi connectivity index (χ1) is 7.39. The summed E-state index contributed by atoms with van der Waals surface area (Å²) in [4.78, 5) is 1.92. The second-order valence-electron chi connectivity index (χ2n) is 5.04. The first-order valence-corrected chi connectivity index (χ1v) is 7.52. The Morgan fingerprint density at radius 3 is 2.38 bits per heavy atom. The molecule has 2 saturated heterocycles. The molecule has 0 radical (unpaired) electrons. The molecule has 16 heavy (non-hydrogen) atoms. The lowest BCUT2D eigenvalue weighted by atomic mass is 9.94. The van der Waals surface area contributed by atoms with Crippen LogP contribution in [0.4, 0.5) is 0 Å². The molecule has 4 unspecified atom stereocenters. The van der Waals surface area contributed by atoms with Crippen LogP contribution in [0, 0.1) is 5.92 Å². The summed E-state index contributed by atoms with van der Waals surface area (Å²) in [7, 11) is -3.10. The van der Waals surface area contributed by atoms with Crippen LogP contribution in [0.5, 0.6) is 0 Å². The largest absolute Gasteiger partial charge is 0.392 e. The summed E-state index contributed by atoms with van der Waals surface area (Å²) >= 11 is 0. The zero-order valence-corrected chi connectivity index (χ0v) is 10.2. The van der Waals surface area contributed by atoms with E-state index >= 15 is 0 Å². The molecule has 2 aliphatic heterocycles. The number of sulfone groups is 1. The molecule has 2 rings (SSSR count). The molecule has 4 atom stereocenters. The molecule has 2 N–H and O–H groups in total. The van der Waals surface area contributed by atoms with Crippen molar-refractivity contribution in [3.8, 4) is 0 Å². The fourth-order valence-corrected chi connectivity index (χ4v) is 4.37. The van der Waals surface area contributed by atoms with Crippen LogP contribution in [0.15, 0.2) is 0 Å². The Bertz CT molecular complexity index is 356. The first kappa shape index (κ1) is 12.3. The van der Waals surface area contributed by atoms with Gasteiger partial charge < -0.3 is 10.2 Å². The molecule has 94 valence electrons. The number of hydrogen-bond acceptors (Lipinski definition) is 5. The number of nitrogens with zero attached hydrogens (tertiary/aromatic N) is 1. The topological polar surface area (TPSA) is 77.8 Å². The minimum absolute atomic E-state index is 0.0231. The molecule has 6 heteroatoms. The van der Waals surface area contributed by atoms with E-state index in [0.29, 0.717) is 6.54 Å². The van der Waals surface area contributed by atoms with E-state index < -0.39 is 22.0 Å². The highest BCUT2D eigenvalue weighted by Crippen LogP contribution is 2.24. The number of β-amino-alcohol motifs (C(OH)–C–C–N with tert-alkyl or cyclic N) is 1. The molecule has 2 heterocycles. The minimum Gasteiger partial charge on any atom is -0.392 e. The van der Waals surface area contributed by atoms with Crippen molar-refractivity contribution < 1.29 is 18.6 Å². The molecule has 5 nitrogen and oxygen atoms in total. The molecule has 0 amide bonds. The molecule has 2 fully saturated rings. The highest BCUT2D eigenvalue weighted by Gasteiger charge is 2.41. The SMILES string of the molecule is CC1CCN(C2CS(=O)(=O)CC2O)CC1O. The molecule has 2 aliphatic rings. The second-order valence-corrected chi connectivity index (χ2v) is 7.19. The van der Waals surface area contributed by atoms with Gasteiger partial charge in [0, 0.05) is 6.54 Å².